The third-order valence-electron chi connectivity index (χ3n) is 4.03. The minimum absolute atomic E-state index is 0.524. The van der Waals surface area contributed by atoms with Crippen LogP contribution in [0.15, 0.2) is 0 Å². The molecule has 1 heteroatoms. The van der Waals surface area contributed by atoms with E-state index in [1.165, 1.54) is 25.7 Å². The average Bonchev–Trinajstić information content (AvgIpc) is 1.55. The summed E-state index contributed by atoms with van der Waals surface area (Å²) >= 11 is 0. The number of nitrogens with two attached hydrogens (primary N) is 1. The van der Waals surface area contributed by atoms with Crippen LogP contribution in [-0.2, 0) is 0 Å². The van der Waals surface area contributed by atoms with Crippen LogP contribution in [0.1, 0.15) is 39.5 Å². The van der Waals surface area contributed by atoms with E-state index in [0.717, 1.165) is 0 Å². The molecule has 2 aliphatic rings. The molecule has 0 aromatic carbocycles. The Kier molecular flexibility index (Phi) is 1.05. The van der Waals surface area contributed by atoms with Crippen molar-refractivity contribution in [1.82, 2.24) is 0 Å². The smallest absolute Gasteiger partial charge is 0.0106 e. The molecule has 1 spiro atoms. The van der Waals surface area contributed by atoms with Gasteiger partial charge in [0.2, 0.25) is 0 Å². The van der Waals surface area contributed by atoms with Crippen molar-refractivity contribution in [2.24, 2.45) is 16.6 Å². The molecule has 0 aromatic rings. The summed E-state index contributed by atoms with van der Waals surface area (Å²) < 4.78 is 0. The second-order valence-corrected chi connectivity index (χ2v) is 4.70. The largest absolute Gasteiger partial charge is 0.327 e. The van der Waals surface area contributed by atoms with Gasteiger partial charge in [-0.1, -0.05) is 20.3 Å². The quantitative estimate of drug-likeness (QED) is 0.545. The van der Waals surface area contributed by atoms with Crippen LogP contribution in [0.5, 0.6) is 0 Å². The zero-order valence-corrected chi connectivity index (χ0v) is 6.98. The van der Waals surface area contributed by atoms with Crippen LogP contribution in [-0.4, -0.2) is 6.04 Å². The SMILES string of the molecule is CC1(C)CC(N)C12CCC2. The molecule has 58 valence electrons. The molecule has 0 bridgehead atoms. The van der Waals surface area contributed by atoms with Gasteiger partial charge in [0.05, 0.1) is 0 Å². The Morgan fingerprint density at radius 1 is 1.30 bits per heavy atom. The van der Waals surface area contributed by atoms with Gasteiger partial charge in [-0.05, 0) is 30.1 Å². The van der Waals surface area contributed by atoms with E-state index in [1.54, 1.807) is 0 Å². The third-order valence-corrected chi connectivity index (χ3v) is 4.03. The Hall–Kier alpha value is -0.0400. The molecule has 1 unspecified atom stereocenters. The van der Waals surface area contributed by atoms with Crippen LogP contribution in [0.25, 0.3) is 0 Å². The van der Waals surface area contributed by atoms with E-state index in [2.05, 4.69) is 13.8 Å². The molecule has 0 radical (unpaired) electrons. The molecular weight excluding hydrogens is 122 g/mol. The summed E-state index contributed by atoms with van der Waals surface area (Å²) in [6.45, 7) is 4.74. The number of hydrogen-bond donors (Lipinski definition) is 1. The molecule has 10 heavy (non-hydrogen) atoms. The lowest BCUT2D eigenvalue weighted by Gasteiger charge is -2.66. The van der Waals surface area contributed by atoms with Crippen LogP contribution in [0.2, 0.25) is 0 Å². The van der Waals surface area contributed by atoms with Gasteiger partial charge in [0.1, 0.15) is 0 Å². The number of hydrogen-bond acceptors (Lipinski definition) is 1. The molecule has 1 atom stereocenters. The van der Waals surface area contributed by atoms with Gasteiger partial charge in [0, 0.05) is 6.04 Å². The highest BCUT2D eigenvalue weighted by Crippen LogP contribution is 2.65. The van der Waals surface area contributed by atoms with E-state index >= 15 is 0 Å². The van der Waals surface area contributed by atoms with Gasteiger partial charge in [-0.2, -0.15) is 0 Å². The first-order valence-electron chi connectivity index (χ1n) is 4.34. The molecule has 0 aliphatic heterocycles. The van der Waals surface area contributed by atoms with Gasteiger partial charge in [-0.25, -0.2) is 0 Å². The zero-order chi connectivity index (χ0) is 7.41. The highest BCUT2D eigenvalue weighted by molar-refractivity contribution is 5.14. The van der Waals surface area contributed by atoms with E-state index in [-0.39, 0.29) is 0 Å². The Morgan fingerprint density at radius 3 is 2.00 bits per heavy atom. The highest BCUT2D eigenvalue weighted by atomic mass is 14.8. The van der Waals surface area contributed by atoms with Crippen molar-refractivity contribution in [2.75, 3.05) is 0 Å². The van der Waals surface area contributed by atoms with Crippen LogP contribution in [0.3, 0.4) is 0 Å². The van der Waals surface area contributed by atoms with E-state index in [4.69, 9.17) is 5.73 Å². The van der Waals surface area contributed by atoms with Crippen LogP contribution >= 0.6 is 0 Å². The fourth-order valence-electron chi connectivity index (χ4n) is 2.92. The fraction of sp³-hybridized carbons (Fsp3) is 1.00. The molecule has 0 saturated heterocycles. The summed E-state index contributed by atoms with van der Waals surface area (Å²) in [5.74, 6) is 0. The predicted molar refractivity (Wildman–Crippen MR) is 42.7 cm³/mol. The van der Waals surface area contributed by atoms with Crippen molar-refractivity contribution in [3.63, 3.8) is 0 Å². The Bertz CT molecular complexity index is 156. The van der Waals surface area contributed by atoms with Crippen LogP contribution < -0.4 is 5.73 Å². The van der Waals surface area contributed by atoms with Gasteiger partial charge in [-0.3, -0.25) is 0 Å². The first-order valence-corrected chi connectivity index (χ1v) is 4.34. The molecular formula is C9H17N. The van der Waals surface area contributed by atoms with Gasteiger partial charge >= 0.3 is 0 Å². The van der Waals surface area contributed by atoms with Gasteiger partial charge < -0.3 is 5.73 Å². The van der Waals surface area contributed by atoms with Crippen molar-refractivity contribution in [3.05, 3.63) is 0 Å². The molecule has 2 rings (SSSR count). The van der Waals surface area contributed by atoms with Gasteiger partial charge in [0.15, 0.2) is 0 Å². The Labute approximate surface area is 63.0 Å². The van der Waals surface area contributed by atoms with Crippen molar-refractivity contribution < 1.29 is 0 Å². The van der Waals surface area contributed by atoms with Gasteiger partial charge in [0.25, 0.3) is 0 Å². The summed E-state index contributed by atoms with van der Waals surface area (Å²) in [7, 11) is 0. The van der Waals surface area contributed by atoms with Crippen molar-refractivity contribution in [1.29, 1.82) is 0 Å². The minimum Gasteiger partial charge on any atom is -0.327 e. The maximum atomic E-state index is 5.99. The van der Waals surface area contributed by atoms with Crippen LogP contribution in [0.4, 0.5) is 0 Å². The average molecular weight is 139 g/mol. The summed E-state index contributed by atoms with van der Waals surface area (Å²) in [4.78, 5) is 0. The van der Waals surface area contributed by atoms with E-state index in [1.807, 2.05) is 0 Å². The van der Waals surface area contributed by atoms with Gasteiger partial charge in [-0.15, -0.1) is 0 Å². The van der Waals surface area contributed by atoms with Crippen molar-refractivity contribution in [3.8, 4) is 0 Å². The van der Waals surface area contributed by atoms with E-state index in [0.29, 0.717) is 16.9 Å². The molecule has 2 aliphatic carbocycles. The molecule has 0 heterocycles. The molecule has 2 N–H and O–H groups in total. The third kappa shape index (κ3) is 0.493. The Balaban J connectivity index is 2.18. The molecule has 1 nitrogen and oxygen atoms in total. The van der Waals surface area contributed by atoms with Crippen molar-refractivity contribution >= 4 is 0 Å². The second-order valence-electron chi connectivity index (χ2n) is 4.70. The summed E-state index contributed by atoms with van der Waals surface area (Å²) in [6, 6.07) is 0.524. The predicted octanol–water partition coefficient (Wildman–Crippen LogP) is 1.91. The Morgan fingerprint density at radius 2 is 1.90 bits per heavy atom. The lowest BCUT2D eigenvalue weighted by atomic mass is 9.40. The number of rotatable bonds is 0. The molecule has 2 fully saturated rings. The second kappa shape index (κ2) is 1.58. The zero-order valence-electron chi connectivity index (χ0n) is 6.98. The lowest BCUT2D eigenvalue weighted by molar-refractivity contribution is -0.135. The topological polar surface area (TPSA) is 26.0 Å². The normalized spacial score (nSPS) is 40.5. The summed E-state index contributed by atoms with van der Waals surface area (Å²) in [6.07, 6.45) is 5.44. The standard InChI is InChI=1S/C9H17N/c1-8(2)6-7(10)9(8)4-3-5-9/h7H,3-6,10H2,1-2H3. The van der Waals surface area contributed by atoms with Crippen LogP contribution in [0, 0.1) is 10.8 Å². The first kappa shape index (κ1) is 6.66. The molecule has 0 amide bonds. The van der Waals surface area contributed by atoms with E-state index in [9.17, 15) is 0 Å². The lowest BCUT2D eigenvalue weighted by Crippen LogP contribution is -2.66. The maximum Gasteiger partial charge on any atom is 0.0106 e. The first-order chi connectivity index (χ1) is 4.58. The van der Waals surface area contributed by atoms with Crippen molar-refractivity contribution in [2.45, 2.75) is 45.6 Å². The molecule has 0 aromatic heterocycles. The fourth-order valence-corrected chi connectivity index (χ4v) is 2.92. The highest BCUT2D eigenvalue weighted by Gasteiger charge is 2.61. The maximum absolute atomic E-state index is 5.99. The monoisotopic (exact) mass is 139 g/mol. The van der Waals surface area contributed by atoms with E-state index < -0.39 is 0 Å². The molecule has 2 saturated carbocycles. The summed E-state index contributed by atoms with van der Waals surface area (Å²) in [5, 5.41) is 0. The minimum atomic E-state index is 0.524. The summed E-state index contributed by atoms with van der Waals surface area (Å²) in [5.41, 5.74) is 7.13.